The molecular formula is C16H15N3O3. The molecule has 1 unspecified atom stereocenters. The Kier molecular flexibility index (Phi) is 2.96. The highest BCUT2D eigenvalue weighted by Gasteiger charge is 2.47. The summed E-state index contributed by atoms with van der Waals surface area (Å²) in [5.41, 5.74) is 1.45. The summed E-state index contributed by atoms with van der Waals surface area (Å²) >= 11 is 0. The summed E-state index contributed by atoms with van der Waals surface area (Å²) < 4.78 is 5.45. The molecule has 6 nitrogen and oxygen atoms in total. The van der Waals surface area contributed by atoms with Gasteiger partial charge in [0.15, 0.2) is 0 Å². The fourth-order valence-electron chi connectivity index (χ4n) is 3.08. The molecule has 22 heavy (non-hydrogen) atoms. The molecule has 6 heteroatoms. The Morgan fingerprint density at radius 3 is 2.82 bits per heavy atom. The van der Waals surface area contributed by atoms with Crippen molar-refractivity contribution in [2.45, 2.75) is 25.4 Å². The molecule has 3 amide bonds. The topological polar surface area (TPSA) is 66.7 Å². The van der Waals surface area contributed by atoms with E-state index in [1.807, 2.05) is 30.3 Å². The number of aromatic nitrogens is 1. The summed E-state index contributed by atoms with van der Waals surface area (Å²) in [5.74, 6) is 0.377. The minimum absolute atomic E-state index is 0.119. The average Bonchev–Trinajstić information content (AvgIpc) is 3.25. The van der Waals surface area contributed by atoms with Crippen LogP contribution in [0.1, 0.15) is 18.5 Å². The number of carbonyl (C=O) groups excluding carboxylic acids is 2. The average molecular weight is 297 g/mol. The van der Waals surface area contributed by atoms with Crippen LogP contribution in [0.15, 0.2) is 41.0 Å². The molecule has 0 N–H and O–H groups in total. The second-order valence-electron chi connectivity index (χ2n) is 5.57. The van der Waals surface area contributed by atoms with Crippen LogP contribution < -0.4 is 0 Å². The zero-order chi connectivity index (χ0) is 15.1. The normalized spacial score (nSPS) is 20.8. The van der Waals surface area contributed by atoms with Crippen molar-refractivity contribution in [2.75, 3.05) is 6.54 Å². The minimum atomic E-state index is -0.270. The minimum Gasteiger partial charge on any atom is -0.444 e. The van der Waals surface area contributed by atoms with Crippen LogP contribution in [0, 0.1) is 0 Å². The number of hydrogen-bond acceptors (Lipinski definition) is 4. The van der Waals surface area contributed by atoms with Crippen LogP contribution in [-0.2, 0) is 11.3 Å². The molecule has 2 aromatic rings. The van der Waals surface area contributed by atoms with E-state index < -0.39 is 0 Å². The second-order valence-corrected chi connectivity index (χ2v) is 5.57. The molecule has 0 spiro atoms. The molecule has 4 rings (SSSR count). The fourth-order valence-corrected chi connectivity index (χ4v) is 3.08. The van der Waals surface area contributed by atoms with E-state index in [-0.39, 0.29) is 24.5 Å². The summed E-state index contributed by atoms with van der Waals surface area (Å²) in [6.07, 6.45) is 3.17. The van der Waals surface area contributed by atoms with Gasteiger partial charge in [0.25, 0.3) is 5.91 Å². The lowest BCUT2D eigenvalue weighted by molar-refractivity contribution is -0.128. The molecule has 2 aliphatic heterocycles. The Bertz CT molecular complexity index is 703. The van der Waals surface area contributed by atoms with E-state index in [1.54, 1.807) is 4.90 Å². The van der Waals surface area contributed by atoms with Crippen molar-refractivity contribution in [1.29, 1.82) is 0 Å². The van der Waals surface area contributed by atoms with Crippen molar-refractivity contribution in [3.05, 3.63) is 42.3 Å². The van der Waals surface area contributed by atoms with Crippen molar-refractivity contribution >= 4 is 11.9 Å². The summed E-state index contributed by atoms with van der Waals surface area (Å²) in [5, 5.41) is 0. The van der Waals surface area contributed by atoms with Gasteiger partial charge < -0.3 is 9.32 Å². The third kappa shape index (κ3) is 1.99. The zero-order valence-corrected chi connectivity index (χ0v) is 11.9. The highest BCUT2D eigenvalue weighted by Crippen LogP contribution is 2.28. The highest BCUT2D eigenvalue weighted by molar-refractivity contribution is 6.04. The molecule has 1 aromatic carbocycles. The van der Waals surface area contributed by atoms with E-state index in [9.17, 15) is 9.59 Å². The first kappa shape index (κ1) is 13.1. The monoisotopic (exact) mass is 297 g/mol. The first-order valence-electron chi connectivity index (χ1n) is 7.36. The van der Waals surface area contributed by atoms with Crippen molar-refractivity contribution in [3.63, 3.8) is 0 Å². The fraction of sp³-hybridized carbons (Fsp3) is 0.312. The predicted octanol–water partition coefficient (Wildman–Crippen LogP) is 2.27. The maximum Gasteiger partial charge on any atom is 0.327 e. The van der Waals surface area contributed by atoms with Crippen LogP contribution >= 0.6 is 0 Å². The molecule has 3 heterocycles. The number of carbonyl (C=O) groups is 2. The Labute approximate surface area is 127 Å². The van der Waals surface area contributed by atoms with Gasteiger partial charge in [-0.15, -0.1) is 0 Å². The molecule has 0 radical (unpaired) electrons. The number of benzene rings is 1. The predicted molar refractivity (Wildman–Crippen MR) is 77.6 cm³/mol. The maximum atomic E-state index is 12.3. The first-order chi connectivity index (χ1) is 10.7. The van der Waals surface area contributed by atoms with Crippen molar-refractivity contribution in [1.82, 2.24) is 14.8 Å². The Morgan fingerprint density at radius 1 is 1.23 bits per heavy atom. The lowest BCUT2D eigenvalue weighted by Gasteiger charge is -2.13. The standard InChI is InChI=1S/C16H15N3O3/c20-15-13-7-4-8-18(13)16(21)19(15)9-12-10-22-14(17-12)11-5-2-1-3-6-11/h1-3,5-6,10,13H,4,7-9H2. The Hall–Kier alpha value is -2.63. The van der Waals surface area contributed by atoms with Crippen LogP contribution in [0.25, 0.3) is 11.5 Å². The lowest BCUT2D eigenvalue weighted by Crippen LogP contribution is -2.32. The van der Waals surface area contributed by atoms with Crippen molar-refractivity contribution in [2.24, 2.45) is 0 Å². The van der Waals surface area contributed by atoms with E-state index in [0.717, 1.165) is 18.4 Å². The summed E-state index contributed by atoms with van der Waals surface area (Å²) in [4.78, 5) is 31.8. The van der Waals surface area contributed by atoms with Crippen LogP contribution in [0.3, 0.4) is 0 Å². The molecule has 0 bridgehead atoms. The van der Waals surface area contributed by atoms with Gasteiger partial charge in [-0.3, -0.25) is 9.69 Å². The molecule has 1 atom stereocenters. The van der Waals surface area contributed by atoms with Gasteiger partial charge in [-0.05, 0) is 25.0 Å². The van der Waals surface area contributed by atoms with E-state index in [2.05, 4.69) is 4.98 Å². The molecule has 1 aromatic heterocycles. The number of amides is 3. The second kappa shape index (κ2) is 4.98. The van der Waals surface area contributed by atoms with Gasteiger partial charge in [0.05, 0.1) is 12.2 Å². The smallest absolute Gasteiger partial charge is 0.327 e. The third-order valence-corrected chi connectivity index (χ3v) is 4.17. The quantitative estimate of drug-likeness (QED) is 0.815. The van der Waals surface area contributed by atoms with Gasteiger partial charge >= 0.3 is 6.03 Å². The van der Waals surface area contributed by atoms with Crippen molar-refractivity contribution < 1.29 is 14.0 Å². The van der Waals surface area contributed by atoms with Crippen LogP contribution in [-0.4, -0.2) is 39.3 Å². The lowest BCUT2D eigenvalue weighted by atomic mass is 10.2. The Morgan fingerprint density at radius 2 is 2.05 bits per heavy atom. The van der Waals surface area contributed by atoms with Gasteiger partial charge in [0.1, 0.15) is 12.3 Å². The third-order valence-electron chi connectivity index (χ3n) is 4.17. The number of imide groups is 1. The Balaban J connectivity index is 1.54. The molecule has 2 fully saturated rings. The number of hydrogen-bond donors (Lipinski definition) is 0. The highest BCUT2D eigenvalue weighted by atomic mass is 16.3. The van der Waals surface area contributed by atoms with Crippen LogP contribution in [0.5, 0.6) is 0 Å². The molecule has 112 valence electrons. The van der Waals surface area contributed by atoms with Crippen molar-refractivity contribution in [3.8, 4) is 11.5 Å². The van der Waals surface area contributed by atoms with Gasteiger partial charge in [0.2, 0.25) is 5.89 Å². The number of urea groups is 1. The number of fused-ring (bicyclic) bond motifs is 1. The molecular weight excluding hydrogens is 282 g/mol. The summed E-state index contributed by atoms with van der Waals surface area (Å²) in [6, 6.07) is 9.05. The number of nitrogens with zero attached hydrogens (tertiary/aromatic N) is 3. The maximum absolute atomic E-state index is 12.3. The van der Waals surface area contributed by atoms with Gasteiger partial charge in [0, 0.05) is 12.1 Å². The SMILES string of the molecule is O=C1C2CCCN2C(=O)N1Cc1coc(-c2ccccc2)n1. The van der Waals surface area contributed by atoms with Gasteiger partial charge in [-0.2, -0.15) is 0 Å². The number of rotatable bonds is 3. The van der Waals surface area contributed by atoms with Gasteiger partial charge in [-0.1, -0.05) is 18.2 Å². The van der Waals surface area contributed by atoms with Crippen LogP contribution in [0.4, 0.5) is 4.79 Å². The number of oxazole rings is 1. The molecule has 2 saturated heterocycles. The van der Waals surface area contributed by atoms with E-state index in [4.69, 9.17) is 4.42 Å². The largest absolute Gasteiger partial charge is 0.444 e. The van der Waals surface area contributed by atoms with E-state index >= 15 is 0 Å². The van der Waals surface area contributed by atoms with Crippen LogP contribution in [0.2, 0.25) is 0 Å². The molecule has 0 saturated carbocycles. The van der Waals surface area contributed by atoms with Gasteiger partial charge in [-0.25, -0.2) is 9.78 Å². The summed E-state index contributed by atoms with van der Waals surface area (Å²) in [6.45, 7) is 0.834. The van der Waals surface area contributed by atoms with E-state index in [1.165, 1.54) is 11.2 Å². The first-order valence-corrected chi connectivity index (χ1v) is 7.36. The molecule has 0 aliphatic carbocycles. The van der Waals surface area contributed by atoms with E-state index in [0.29, 0.717) is 18.1 Å². The zero-order valence-electron chi connectivity index (χ0n) is 11.9. The molecule has 2 aliphatic rings. The summed E-state index contributed by atoms with van der Waals surface area (Å²) in [7, 11) is 0.